The van der Waals surface area contributed by atoms with E-state index < -0.39 is 15.8 Å². The Morgan fingerprint density at radius 2 is 1.67 bits per heavy atom. The summed E-state index contributed by atoms with van der Waals surface area (Å²) in [7, 11) is -3.60. The van der Waals surface area contributed by atoms with Gasteiger partial charge < -0.3 is 5.32 Å². The van der Waals surface area contributed by atoms with Crippen LogP contribution in [0.3, 0.4) is 0 Å². The van der Waals surface area contributed by atoms with Gasteiger partial charge in [0.1, 0.15) is 5.82 Å². The third-order valence-electron chi connectivity index (χ3n) is 4.49. The molecule has 0 amide bonds. The summed E-state index contributed by atoms with van der Waals surface area (Å²) in [5.74, 6) is -0.399. The summed E-state index contributed by atoms with van der Waals surface area (Å²) >= 11 is 0. The second kappa shape index (κ2) is 5.34. The van der Waals surface area contributed by atoms with Gasteiger partial charge >= 0.3 is 0 Å². The summed E-state index contributed by atoms with van der Waals surface area (Å²) in [6, 6.07) is 3.36. The van der Waals surface area contributed by atoms with Crippen LogP contribution in [0.5, 0.6) is 0 Å². The summed E-state index contributed by atoms with van der Waals surface area (Å²) in [6.45, 7) is 3.27. The summed E-state index contributed by atoms with van der Waals surface area (Å²) in [6.07, 6.45) is 3.90. The van der Waals surface area contributed by atoms with E-state index in [0.29, 0.717) is 23.2 Å². The highest BCUT2D eigenvalue weighted by Gasteiger charge is 2.35. The fraction of sp³-hybridized carbons (Fsp3) is 0.600. The minimum atomic E-state index is -3.60. The predicted octanol–water partition coefficient (Wildman–Crippen LogP) is 2.00. The smallest absolute Gasteiger partial charge is 0.241 e. The Kier molecular flexibility index (Phi) is 3.80. The molecule has 0 saturated carbocycles. The van der Waals surface area contributed by atoms with Gasteiger partial charge in [0.25, 0.3) is 0 Å². The van der Waals surface area contributed by atoms with Gasteiger partial charge in [-0.05, 0) is 62.8 Å². The van der Waals surface area contributed by atoms with Gasteiger partial charge in [0.05, 0.1) is 4.90 Å². The first kappa shape index (κ1) is 14.9. The maximum absolute atomic E-state index is 13.3. The normalized spacial score (nSPS) is 28.8. The lowest BCUT2D eigenvalue weighted by atomic mass is 10.0. The van der Waals surface area contributed by atoms with Crippen molar-refractivity contribution in [1.29, 1.82) is 0 Å². The highest BCUT2D eigenvalue weighted by Crippen LogP contribution is 2.29. The Hall–Kier alpha value is -0.980. The van der Waals surface area contributed by atoms with Gasteiger partial charge in [-0.2, -0.15) is 0 Å². The lowest BCUT2D eigenvalue weighted by molar-refractivity contribution is 0.345. The number of sulfonamides is 1. The van der Waals surface area contributed by atoms with Crippen LogP contribution < -0.4 is 10.0 Å². The van der Waals surface area contributed by atoms with E-state index in [1.165, 1.54) is 12.1 Å². The monoisotopic (exact) mass is 312 g/mol. The zero-order valence-electron chi connectivity index (χ0n) is 12.3. The Bertz CT molecular complexity index is 625. The number of piperidine rings is 1. The number of fused-ring (bicyclic) bond motifs is 2. The zero-order chi connectivity index (χ0) is 15.2. The molecule has 2 atom stereocenters. The van der Waals surface area contributed by atoms with Gasteiger partial charge in [-0.3, -0.25) is 0 Å². The van der Waals surface area contributed by atoms with E-state index in [-0.39, 0.29) is 10.9 Å². The molecule has 2 saturated heterocycles. The molecule has 2 aliphatic heterocycles. The molecule has 0 aliphatic carbocycles. The highest BCUT2D eigenvalue weighted by molar-refractivity contribution is 7.89. The summed E-state index contributed by atoms with van der Waals surface area (Å²) in [5, 5.41) is 3.49. The van der Waals surface area contributed by atoms with Crippen molar-refractivity contribution in [3.8, 4) is 0 Å². The summed E-state index contributed by atoms with van der Waals surface area (Å²) in [4.78, 5) is 0.217. The van der Waals surface area contributed by atoms with Crippen LogP contribution in [0.2, 0.25) is 0 Å². The first-order chi connectivity index (χ1) is 9.85. The molecule has 21 heavy (non-hydrogen) atoms. The van der Waals surface area contributed by atoms with E-state index in [9.17, 15) is 12.8 Å². The third kappa shape index (κ3) is 2.98. The number of aryl methyl sites for hydroxylation is 2. The van der Waals surface area contributed by atoms with Crippen LogP contribution in [0.15, 0.2) is 17.0 Å². The molecule has 0 radical (unpaired) electrons. The van der Waals surface area contributed by atoms with Crippen LogP contribution >= 0.6 is 0 Å². The van der Waals surface area contributed by atoms with Crippen molar-refractivity contribution < 1.29 is 12.8 Å². The lowest BCUT2D eigenvalue weighted by Gasteiger charge is -2.29. The fourth-order valence-corrected chi connectivity index (χ4v) is 5.47. The van der Waals surface area contributed by atoms with Crippen LogP contribution in [-0.4, -0.2) is 26.5 Å². The molecule has 0 aromatic heterocycles. The van der Waals surface area contributed by atoms with Crippen molar-refractivity contribution in [2.75, 3.05) is 0 Å². The first-order valence-electron chi connectivity index (χ1n) is 7.40. The summed E-state index contributed by atoms with van der Waals surface area (Å²) < 4.78 is 41.4. The van der Waals surface area contributed by atoms with Crippen LogP contribution in [0, 0.1) is 19.7 Å². The first-order valence-corrected chi connectivity index (χ1v) is 8.88. The van der Waals surface area contributed by atoms with E-state index in [1.807, 2.05) is 0 Å². The molecule has 6 heteroatoms. The Morgan fingerprint density at radius 1 is 1.14 bits per heavy atom. The summed E-state index contributed by atoms with van der Waals surface area (Å²) in [5.41, 5.74) is 0.911. The SMILES string of the molecule is Cc1cc(F)cc(C)c1S(=O)(=O)NC1CC2CCC(C1)N2. The molecule has 4 nitrogen and oxygen atoms in total. The number of hydrogen-bond donors (Lipinski definition) is 2. The van der Waals surface area contributed by atoms with Crippen molar-refractivity contribution in [3.63, 3.8) is 0 Å². The minimum Gasteiger partial charge on any atom is -0.311 e. The number of benzene rings is 1. The molecule has 2 fully saturated rings. The molecular weight excluding hydrogens is 291 g/mol. The van der Waals surface area contributed by atoms with Crippen molar-refractivity contribution in [2.45, 2.75) is 62.6 Å². The quantitative estimate of drug-likeness (QED) is 0.897. The van der Waals surface area contributed by atoms with Crippen molar-refractivity contribution in [1.82, 2.24) is 10.0 Å². The largest absolute Gasteiger partial charge is 0.311 e. The maximum Gasteiger partial charge on any atom is 0.241 e. The second-order valence-corrected chi connectivity index (χ2v) is 7.95. The lowest BCUT2D eigenvalue weighted by Crippen LogP contribution is -2.48. The van der Waals surface area contributed by atoms with Crippen LogP contribution in [0.1, 0.15) is 36.8 Å². The number of rotatable bonds is 3. The van der Waals surface area contributed by atoms with Crippen LogP contribution in [0.25, 0.3) is 0 Å². The number of halogens is 1. The van der Waals surface area contributed by atoms with Gasteiger partial charge in [-0.25, -0.2) is 17.5 Å². The van der Waals surface area contributed by atoms with Crippen molar-refractivity contribution in [3.05, 3.63) is 29.1 Å². The Labute approximate surface area is 125 Å². The van der Waals surface area contributed by atoms with E-state index in [4.69, 9.17) is 0 Å². The van der Waals surface area contributed by atoms with Crippen molar-refractivity contribution in [2.24, 2.45) is 0 Å². The zero-order valence-corrected chi connectivity index (χ0v) is 13.1. The average Bonchev–Trinajstić information content (AvgIpc) is 2.66. The van der Waals surface area contributed by atoms with E-state index in [1.54, 1.807) is 13.8 Å². The highest BCUT2D eigenvalue weighted by atomic mass is 32.2. The van der Waals surface area contributed by atoms with E-state index in [0.717, 1.165) is 25.7 Å². The average molecular weight is 312 g/mol. The van der Waals surface area contributed by atoms with Gasteiger partial charge in [0.2, 0.25) is 10.0 Å². The molecular formula is C15H21FN2O2S. The number of nitrogens with one attached hydrogen (secondary N) is 2. The number of hydrogen-bond acceptors (Lipinski definition) is 3. The molecule has 1 aromatic rings. The second-order valence-electron chi connectivity index (χ2n) is 6.30. The predicted molar refractivity (Wildman–Crippen MR) is 79.2 cm³/mol. The van der Waals surface area contributed by atoms with Crippen LogP contribution in [0.4, 0.5) is 4.39 Å². The molecule has 0 spiro atoms. The molecule has 2 unspecified atom stereocenters. The molecule has 116 valence electrons. The van der Waals surface area contributed by atoms with Crippen molar-refractivity contribution >= 4 is 10.0 Å². The van der Waals surface area contributed by atoms with E-state index in [2.05, 4.69) is 10.0 Å². The molecule has 2 heterocycles. The van der Waals surface area contributed by atoms with Gasteiger partial charge in [0.15, 0.2) is 0 Å². The van der Waals surface area contributed by atoms with Gasteiger partial charge in [-0.15, -0.1) is 0 Å². The van der Waals surface area contributed by atoms with E-state index >= 15 is 0 Å². The maximum atomic E-state index is 13.3. The van der Waals surface area contributed by atoms with Gasteiger partial charge in [0, 0.05) is 18.1 Å². The standard InChI is InChI=1S/C15H21FN2O2S/c1-9-5-11(16)6-10(2)15(9)21(19,20)18-14-7-12-3-4-13(8-14)17-12/h5-6,12-14,17-18H,3-4,7-8H2,1-2H3. The van der Waals surface area contributed by atoms with Gasteiger partial charge in [-0.1, -0.05) is 0 Å². The Morgan fingerprint density at radius 3 is 2.19 bits per heavy atom. The Balaban J connectivity index is 1.84. The molecule has 2 bridgehead atoms. The molecule has 1 aromatic carbocycles. The minimum absolute atomic E-state index is 0.0300. The third-order valence-corrected chi connectivity index (χ3v) is 6.31. The van der Waals surface area contributed by atoms with Crippen LogP contribution in [-0.2, 0) is 10.0 Å². The molecule has 2 aliphatic rings. The molecule has 3 rings (SSSR count). The topological polar surface area (TPSA) is 58.2 Å². The fourth-order valence-electron chi connectivity index (χ4n) is 3.75. The molecule has 2 N–H and O–H groups in total.